The third-order valence-corrected chi connectivity index (χ3v) is 9.43. The van der Waals surface area contributed by atoms with Crippen LogP contribution in [-0.2, 0) is 32.6 Å². The summed E-state index contributed by atoms with van der Waals surface area (Å²) in [5.41, 5.74) is 3.60. The summed E-state index contributed by atoms with van der Waals surface area (Å²) in [6, 6.07) is 27.7. The first kappa shape index (κ1) is 29.3. The number of anilines is 1. The molecule has 1 atom stereocenters. The number of nitrogens with one attached hydrogen (secondary N) is 1. The summed E-state index contributed by atoms with van der Waals surface area (Å²) in [5.74, 6) is -0.400. The first-order valence-electron chi connectivity index (χ1n) is 14.4. The third-order valence-electron chi connectivity index (χ3n) is 7.57. The standard InChI is InChI=1S/C34H37N3O4S/c1-24(2)35-34(39)30(22-26-12-5-4-6-13-26)36(23-27-14-7-11-25(3)21-27)32(38)19-10-20-37-29-17-8-15-28-16-9-18-31(33(28)29)42(37,40)41/h4-9,11-18,21,24,30H,10,19-20,22-23H2,1-3H3,(H,35,39). The maximum absolute atomic E-state index is 14.0. The van der Waals surface area contributed by atoms with E-state index in [9.17, 15) is 18.0 Å². The molecule has 0 saturated heterocycles. The highest BCUT2D eigenvalue weighted by Crippen LogP contribution is 2.42. The molecule has 218 valence electrons. The first-order chi connectivity index (χ1) is 20.1. The maximum Gasteiger partial charge on any atom is 0.265 e. The van der Waals surface area contributed by atoms with Crippen LogP contribution in [0.15, 0.2) is 95.9 Å². The maximum atomic E-state index is 14.0. The largest absolute Gasteiger partial charge is 0.352 e. The fraction of sp³-hybridized carbons (Fsp3) is 0.294. The van der Waals surface area contributed by atoms with Crippen molar-refractivity contribution in [3.63, 3.8) is 0 Å². The monoisotopic (exact) mass is 583 g/mol. The predicted octanol–water partition coefficient (Wildman–Crippen LogP) is 5.60. The Morgan fingerprint density at radius 2 is 1.57 bits per heavy atom. The number of rotatable bonds is 11. The van der Waals surface area contributed by atoms with Crippen molar-refractivity contribution >= 4 is 38.3 Å². The average molecular weight is 584 g/mol. The minimum atomic E-state index is -3.71. The van der Waals surface area contributed by atoms with E-state index in [2.05, 4.69) is 5.32 Å². The van der Waals surface area contributed by atoms with Gasteiger partial charge in [0.05, 0.1) is 10.6 Å². The van der Waals surface area contributed by atoms with Crippen LogP contribution in [0.25, 0.3) is 10.8 Å². The second kappa shape index (κ2) is 12.4. The van der Waals surface area contributed by atoms with Crippen LogP contribution in [-0.4, -0.2) is 43.8 Å². The van der Waals surface area contributed by atoms with E-state index in [1.807, 2.05) is 99.6 Å². The molecule has 4 aromatic carbocycles. The number of amides is 2. The Morgan fingerprint density at radius 3 is 2.29 bits per heavy atom. The average Bonchev–Trinajstić information content (AvgIpc) is 3.18. The zero-order valence-corrected chi connectivity index (χ0v) is 25.1. The van der Waals surface area contributed by atoms with Crippen LogP contribution in [0.2, 0.25) is 0 Å². The van der Waals surface area contributed by atoms with Gasteiger partial charge in [0.2, 0.25) is 11.8 Å². The Balaban J connectivity index is 1.40. The summed E-state index contributed by atoms with van der Waals surface area (Å²) < 4.78 is 28.3. The van der Waals surface area contributed by atoms with Crippen molar-refractivity contribution in [2.24, 2.45) is 0 Å². The molecule has 2 amide bonds. The Labute approximate surface area is 248 Å². The predicted molar refractivity (Wildman–Crippen MR) is 167 cm³/mol. The molecular weight excluding hydrogens is 546 g/mol. The van der Waals surface area contributed by atoms with Gasteiger partial charge in [0.25, 0.3) is 10.0 Å². The lowest BCUT2D eigenvalue weighted by Gasteiger charge is -2.32. The molecule has 0 aliphatic carbocycles. The summed E-state index contributed by atoms with van der Waals surface area (Å²) in [6.07, 6.45) is 0.787. The third kappa shape index (κ3) is 6.19. The van der Waals surface area contributed by atoms with E-state index < -0.39 is 16.1 Å². The molecule has 0 aromatic heterocycles. The molecule has 1 aliphatic rings. The van der Waals surface area contributed by atoms with Crippen LogP contribution in [0, 0.1) is 6.92 Å². The van der Waals surface area contributed by atoms with E-state index in [0.29, 0.717) is 23.4 Å². The van der Waals surface area contributed by atoms with Gasteiger partial charge in [0.15, 0.2) is 0 Å². The molecular formula is C34H37N3O4S. The quantitative estimate of drug-likeness (QED) is 0.249. The number of carbonyl (C=O) groups is 2. The summed E-state index contributed by atoms with van der Waals surface area (Å²) in [5, 5.41) is 4.60. The molecule has 0 radical (unpaired) electrons. The number of hydrogen-bond donors (Lipinski definition) is 1. The Morgan fingerprint density at radius 1 is 0.881 bits per heavy atom. The fourth-order valence-electron chi connectivity index (χ4n) is 5.66. The lowest BCUT2D eigenvalue weighted by molar-refractivity contribution is -0.141. The van der Waals surface area contributed by atoms with Crippen molar-refractivity contribution < 1.29 is 18.0 Å². The molecule has 1 N–H and O–H groups in total. The molecule has 1 heterocycles. The van der Waals surface area contributed by atoms with Crippen molar-refractivity contribution in [3.8, 4) is 0 Å². The number of sulfonamides is 1. The van der Waals surface area contributed by atoms with E-state index in [-0.39, 0.29) is 37.4 Å². The van der Waals surface area contributed by atoms with E-state index in [0.717, 1.165) is 27.5 Å². The molecule has 1 unspecified atom stereocenters. The summed E-state index contributed by atoms with van der Waals surface area (Å²) in [6.45, 7) is 6.24. The molecule has 0 fully saturated rings. The van der Waals surface area contributed by atoms with E-state index in [1.165, 1.54) is 4.31 Å². The molecule has 0 saturated carbocycles. The van der Waals surface area contributed by atoms with Gasteiger partial charge in [-0.2, -0.15) is 0 Å². The molecule has 7 nitrogen and oxygen atoms in total. The highest BCUT2D eigenvalue weighted by atomic mass is 32.2. The van der Waals surface area contributed by atoms with E-state index in [4.69, 9.17) is 0 Å². The zero-order valence-electron chi connectivity index (χ0n) is 24.3. The van der Waals surface area contributed by atoms with E-state index >= 15 is 0 Å². The molecule has 8 heteroatoms. The SMILES string of the molecule is Cc1cccc(CN(C(=O)CCCN2c3cccc4cccc(c34)S2(=O)=O)C(Cc2ccccc2)C(=O)NC(C)C)c1. The highest BCUT2D eigenvalue weighted by Gasteiger charge is 2.36. The van der Waals surface area contributed by atoms with Crippen LogP contribution in [0.4, 0.5) is 5.69 Å². The molecule has 0 bridgehead atoms. The molecule has 42 heavy (non-hydrogen) atoms. The van der Waals surface area contributed by atoms with Gasteiger partial charge < -0.3 is 10.2 Å². The second-order valence-electron chi connectivity index (χ2n) is 11.2. The number of aryl methyl sites for hydroxylation is 1. The number of carbonyl (C=O) groups excluding carboxylic acids is 2. The Bertz CT molecular complexity index is 1700. The smallest absolute Gasteiger partial charge is 0.265 e. The summed E-state index contributed by atoms with van der Waals surface area (Å²) >= 11 is 0. The Kier molecular flexibility index (Phi) is 8.64. The summed E-state index contributed by atoms with van der Waals surface area (Å²) in [7, 11) is -3.71. The normalized spacial score (nSPS) is 14.2. The van der Waals surface area contributed by atoms with E-state index in [1.54, 1.807) is 17.0 Å². The van der Waals surface area contributed by atoms with Gasteiger partial charge in [0.1, 0.15) is 6.04 Å². The summed E-state index contributed by atoms with van der Waals surface area (Å²) in [4.78, 5) is 29.5. The zero-order chi connectivity index (χ0) is 29.9. The molecule has 0 spiro atoms. The lowest BCUT2D eigenvalue weighted by atomic mass is 10.0. The minimum absolute atomic E-state index is 0.0867. The minimum Gasteiger partial charge on any atom is -0.352 e. The number of nitrogens with zero attached hydrogens (tertiary/aromatic N) is 2. The van der Waals surface area contributed by atoms with Crippen molar-refractivity contribution in [2.45, 2.75) is 63.6 Å². The van der Waals surface area contributed by atoms with Gasteiger partial charge in [-0.25, -0.2) is 8.42 Å². The van der Waals surface area contributed by atoms with Crippen LogP contribution in [0.1, 0.15) is 43.4 Å². The van der Waals surface area contributed by atoms with Crippen molar-refractivity contribution in [3.05, 3.63) is 108 Å². The van der Waals surface area contributed by atoms with Gasteiger partial charge in [0, 0.05) is 37.4 Å². The van der Waals surface area contributed by atoms with Gasteiger partial charge in [-0.1, -0.05) is 84.4 Å². The van der Waals surface area contributed by atoms with Gasteiger partial charge in [-0.3, -0.25) is 13.9 Å². The lowest BCUT2D eigenvalue weighted by Crippen LogP contribution is -2.51. The van der Waals surface area contributed by atoms with Crippen LogP contribution >= 0.6 is 0 Å². The first-order valence-corrected chi connectivity index (χ1v) is 15.8. The molecule has 4 aromatic rings. The van der Waals surface area contributed by atoms with Crippen molar-refractivity contribution in [1.29, 1.82) is 0 Å². The highest BCUT2D eigenvalue weighted by molar-refractivity contribution is 7.93. The number of benzene rings is 4. The van der Waals surface area contributed by atoms with Gasteiger partial charge >= 0.3 is 0 Å². The van der Waals surface area contributed by atoms with Crippen LogP contribution in [0.5, 0.6) is 0 Å². The fourth-order valence-corrected chi connectivity index (χ4v) is 7.41. The van der Waals surface area contributed by atoms with Crippen molar-refractivity contribution in [2.75, 3.05) is 10.8 Å². The second-order valence-corrected chi connectivity index (χ2v) is 13.0. The van der Waals surface area contributed by atoms with Gasteiger partial charge in [-0.05, 0) is 55.8 Å². The topological polar surface area (TPSA) is 86.8 Å². The van der Waals surface area contributed by atoms with Crippen molar-refractivity contribution in [1.82, 2.24) is 10.2 Å². The molecule has 1 aliphatic heterocycles. The van der Waals surface area contributed by atoms with Crippen LogP contribution < -0.4 is 9.62 Å². The Hall–Kier alpha value is -4.17. The van der Waals surface area contributed by atoms with Crippen LogP contribution in [0.3, 0.4) is 0 Å². The molecule has 5 rings (SSSR count). The number of hydrogen-bond acceptors (Lipinski definition) is 4. The van der Waals surface area contributed by atoms with Gasteiger partial charge in [-0.15, -0.1) is 0 Å².